The summed E-state index contributed by atoms with van der Waals surface area (Å²) in [5.74, 6) is -1.71. The highest BCUT2D eigenvalue weighted by atomic mass is 16.6. The van der Waals surface area contributed by atoms with Gasteiger partial charge in [0.25, 0.3) is 0 Å². The average molecular weight is 512 g/mol. The van der Waals surface area contributed by atoms with E-state index in [1.807, 2.05) is 42.5 Å². The Morgan fingerprint density at radius 3 is 1.84 bits per heavy atom. The van der Waals surface area contributed by atoms with Crippen LogP contribution in [0.15, 0.2) is 97.1 Å². The minimum absolute atomic E-state index is 0.0942. The first-order valence-electron chi connectivity index (χ1n) is 12.2. The second-order valence-electron chi connectivity index (χ2n) is 8.79. The third-order valence-electron chi connectivity index (χ3n) is 5.95. The Labute approximate surface area is 221 Å². The van der Waals surface area contributed by atoms with Gasteiger partial charge in [-0.05, 0) is 36.6 Å². The van der Waals surface area contributed by atoms with Crippen LogP contribution >= 0.6 is 0 Å². The Morgan fingerprint density at radius 2 is 1.34 bits per heavy atom. The van der Waals surface area contributed by atoms with Gasteiger partial charge in [-0.1, -0.05) is 91.0 Å². The first kappa shape index (κ1) is 26.5. The molecule has 38 heavy (non-hydrogen) atoms. The van der Waals surface area contributed by atoms with Gasteiger partial charge in [-0.3, -0.25) is 4.79 Å². The van der Waals surface area contributed by atoms with Crippen molar-refractivity contribution in [3.63, 3.8) is 0 Å². The van der Waals surface area contributed by atoms with Crippen molar-refractivity contribution in [1.29, 1.82) is 0 Å². The first-order chi connectivity index (χ1) is 18.4. The highest BCUT2D eigenvalue weighted by Gasteiger charge is 2.50. The summed E-state index contributed by atoms with van der Waals surface area (Å²) in [7, 11) is 0. The summed E-state index contributed by atoms with van der Waals surface area (Å²) in [5.41, 5.74) is 1.47. The van der Waals surface area contributed by atoms with Gasteiger partial charge in [0.15, 0.2) is 5.60 Å². The number of nitrogens with zero attached hydrogens (tertiary/aromatic N) is 2. The first-order valence-corrected chi connectivity index (χ1v) is 12.2. The van der Waals surface area contributed by atoms with Gasteiger partial charge in [0.05, 0.1) is 0 Å². The summed E-state index contributed by atoms with van der Waals surface area (Å²) in [6.45, 7) is 3.43. The van der Waals surface area contributed by atoms with Crippen molar-refractivity contribution in [3.8, 4) is 6.01 Å². The van der Waals surface area contributed by atoms with E-state index in [9.17, 15) is 14.7 Å². The number of nitrogens with one attached hydrogen (secondary N) is 1. The van der Waals surface area contributed by atoms with Crippen LogP contribution in [0.3, 0.4) is 0 Å². The van der Waals surface area contributed by atoms with Crippen LogP contribution in [0.5, 0.6) is 6.01 Å². The van der Waals surface area contributed by atoms with Crippen LogP contribution in [0.2, 0.25) is 0 Å². The molecule has 4 aromatic rings. The zero-order valence-corrected chi connectivity index (χ0v) is 21.2. The molecule has 194 valence electrons. The van der Waals surface area contributed by atoms with Crippen molar-refractivity contribution in [2.75, 3.05) is 6.61 Å². The lowest BCUT2D eigenvalue weighted by atomic mass is 9.81. The molecule has 0 saturated heterocycles. The van der Waals surface area contributed by atoms with Gasteiger partial charge in [-0.15, -0.1) is 0 Å². The molecule has 0 spiro atoms. The quantitative estimate of drug-likeness (QED) is 0.310. The fourth-order valence-electron chi connectivity index (χ4n) is 4.27. The van der Waals surface area contributed by atoms with Crippen LogP contribution in [0.1, 0.15) is 28.1 Å². The molecule has 8 nitrogen and oxygen atoms in total. The van der Waals surface area contributed by atoms with Crippen molar-refractivity contribution in [3.05, 3.63) is 125 Å². The Kier molecular flexibility index (Phi) is 8.45. The fourth-order valence-corrected chi connectivity index (χ4v) is 4.27. The Bertz CT molecular complexity index is 1310. The largest absolute Gasteiger partial charge is 0.478 e. The molecule has 0 bridgehead atoms. The van der Waals surface area contributed by atoms with Gasteiger partial charge >= 0.3 is 12.0 Å². The summed E-state index contributed by atoms with van der Waals surface area (Å²) in [6, 6.07) is 28.9. The molecule has 0 aliphatic rings. The number of aryl methyl sites for hydroxylation is 2. The van der Waals surface area contributed by atoms with Gasteiger partial charge < -0.3 is 19.9 Å². The highest BCUT2D eigenvalue weighted by Crippen LogP contribution is 2.39. The van der Waals surface area contributed by atoms with Gasteiger partial charge in [0.1, 0.15) is 6.61 Å². The van der Waals surface area contributed by atoms with Gasteiger partial charge in [-0.25, -0.2) is 14.8 Å². The smallest absolute Gasteiger partial charge is 0.348 e. The molecule has 0 aliphatic carbocycles. The minimum atomic E-state index is -1.71. The predicted molar refractivity (Wildman–Crippen MR) is 141 cm³/mol. The number of hydrogen-bond acceptors (Lipinski definition) is 6. The van der Waals surface area contributed by atoms with Crippen molar-refractivity contribution in [1.82, 2.24) is 15.3 Å². The summed E-state index contributed by atoms with van der Waals surface area (Å²) < 4.78 is 12.3. The zero-order valence-electron chi connectivity index (χ0n) is 21.2. The van der Waals surface area contributed by atoms with Crippen molar-refractivity contribution in [2.24, 2.45) is 0 Å². The van der Waals surface area contributed by atoms with Crippen LogP contribution < -0.4 is 10.1 Å². The fraction of sp³-hybridized carbons (Fsp3) is 0.200. The lowest BCUT2D eigenvalue weighted by Crippen LogP contribution is -2.52. The molecule has 1 aromatic heterocycles. The summed E-state index contributed by atoms with van der Waals surface area (Å²) >= 11 is 0. The van der Waals surface area contributed by atoms with Crippen LogP contribution in [0.25, 0.3) is 0 Å². The second-order valence-corrected chi connectivity index (χ2v) is 8.79. The number of hydrogen-bond donors (Lipinski definition) is 2. The standard InChI is InChI=1S/C30H29N3O5/c1-21-18-22(2)33-29(32-21)38-27(28(35)36)30(24-14-8-4-9-15-24,25-16-10-5-11-17-25)37-20-26(34)31-19-23-12-6-3-7-13-23/h3-18,27H,19-20H2,1-2H3,(H,31,34)(H,35,36)/t27-/m1/s1. The summed E-state index contributed by atoms with van der Waals surface area (Å²) in [6.07, 6.45) is -1.63. The number of carboxylic acids is 1. The topological polar surface area (TPSA) is 111 Å². The molecule has 0 radical (unpaired) electrons. The van der Waals surface area contributed by atoms with E-state index >= 15 is 0 Å². The number of benzene rings is 3. The van der Waals surface area contributed by atoms with Crippen LogP contribution in [-0.4, -0.2) is 39.7 Å². The summed E-state index contributed by atoms with van der Waals surface area (Å²) in [5, 5.41) is 13.3. The van der Waals surface area contributed by atoms with Crippen molar-refractivity contribution in [2.45, 2.75) is 32.1 Å². The summed E-state index contributed by atoms with van der Waals surface area (Å²) in [4.78, 5) is 34.3. The maximum Gasteiger partial charge on any atom is 0.348 e. The number of carbonyl (C=O) groups excluding carboxylic acids is 1. The van der Waals surface area contributed by atoms with E-state index in [-0.39, 0.29) is 6.01 Å². The van der Waals surface area contributed by atoms with E-state index in [2.05, 4.69) is 15.3 Å². The SMILES string of the molecule is Cc1cc(C)nc(O[C@H](C(=O)O)C(OCC(=O)NCc2ccccc2)(c2ccccc2)c2ccccc2)n1. The third-order valence-corrected chi connectivity index (χ3v) is 5.95. The van der Waals surface area contributed by atoms with E-state index in [0.717, 1.165) is 5.56 Å². The maximum atomic E-state index is 12.9. The van der Waals surface area contributed by atoms with Crippen LogP contribution in [-0.2, 0) is 26.5 Å². The molecule has 0 fully saturated rings. The Morgan fingerprint density at radius 1 is 0.842 bits per heavy atom. The maximum absolute atomic E-state index is 12.9. The molecule has 1 atom stereocenters. The number of carbonyl (C=O) groups is 2. The van der Waals surface area contributed by atoms with E-state index < -0.39 is 30.2 Å². The molecule has 4 rings (SSSR count). The number of aromatic nitrogens is 2. The molecule has 1 amide bonds. The molecular weight excluding hydrogens is 482 g/mol. The normalized spacial score (nSPS) is 11.9. The number of amides is 1. The van der Waals surface area contributed by atoms with E-state index in [1.165, 1.54) is 0 Å². The number of aliphatic carboxylic acids is 1. The molecule has 0 aliphatic heterocycles. The minimum Gasteiger partial charge on any atom is -0.478 e. The van der Waals surface area contributed by atoms with E-state index in [0.29, 0.717) is 29.1 Å². The third kappa shape index (κ3) is 6.22. The second kappa shape index (κ2) is 12.1. The predicted octanol–water partition coefficient (Wildman–Crippen LogP) is 4.20. The average Bonchev–Trinajstić information content (AvgIpc) is 2.92. The van der Waals surface area contributed by atoms with Gasteiger partial charge in [-0.2, -0.15) is 0 Å². The van der Waals surface area contributed by atoms with Crippen LogP contribution in [0.4, 0.5) is 0 Å². The van der Waals surface area contributed by atoms with Gasteiger partial charge in [0, 0.05) is 17.9 Å². The molecule has 0 unspecified atom stereocenters. The van der Waals surface area contributed by atoms with E-state index in [1.54, 1.807) is 68.4 Å². The Hall–Kier alpha value is -4.56. The molecule has 3 aromatic carbocycles. The molecular formula is C30H29N3O5. The molecule has 0 saturated carbocycles. The molecule has 2 N–H and O–H groups in total. The zero-order chi connectivity index (χ0) is 27.0. The van der Waals surface area contributed by atoms with Crippen molar-refractivity contribution >= 4 is 11.9 Å². The monoisotopic (exact) mass is 511 g/mol. The lowest BCUT2D eigenvalue weighted by molar-refractivity contribution is -0.167. The lowest BCUT2D eigenvalue weighted by Gasteiger charge is -2.38. The van der Waals surface area contributed by atoms with Gasteiger partial charge in [0.2, 0.25) is 12.0 Å². The van der Waals surface area contributed by atoms with E-state index in [4.69, 9.17) is 9.47 Å². The number of ether oxygens (including phenoxy) is 2. The van der Waals surface area contributed by atoms with Crippen molar-refractivity contribution < 1.29 is 24.2 Å². The molecule has 1 heterocycles. The Balaban J connectivity index is 1.75. The molecule has 8 heteroatoms. The number of rotatable bonds is 11. The highest BCUT2D eigenvalue weighted by molar-refractivity contribution is 5.78. The van der Waals surface area contributed by atoms with Crippen LogP contribution in [0, 0.1) is 13.8 Å². The number of carboxylic acid groups (broad SMARTS) is 1.